The average Bonchev–Trinajstić information content (AvgIpc) is 2.46. The van der Waals surface area contributed by atoms with Gasteiger partial charge in [-0.25, -0.2) is 0 Å². The van der Waals surface area contributed by atoms with Gasteiger partial charge >= 0.3 is 5.97 Å². The van der Waals surface area contributed by atoms with Gasteiger partial charge in [0.2, 0.25) is 0 Å². The van der Waals surface area contributed by atoms with E-state index in [0.29, 0.717) is 6.42 Å². The topological polar surface area (TPSA) is 81.8 Å². The molecule has 106 valence electrons. The number of aliphatic hydroxyl groups is 1. The molecule has 3 N–H and O–H groups in total. The Balaban J connectivity index is 2.34. The maximum absolute atomic E-state index is 11.1. The van der Waals surface area contributed by atoms with Crippen LogP contribution in [0.4, 0.5) is 0 Å². The summed E-state index contributed by atoms with van der Waals surface area (Å²) in [5.74, 6) is 0.230. The highest BCUT2D eigenvalue weighted by atomic mass is 16.5. The van der Waals surface area contributed by atoms with Crippen molar-refractivity contribution in [3.05, 3.63) is 29.8 Å². The van der Waals surface area contributed by atoms with Gasteiger partial charge in [0.25, 0.3) is 0 Å². The predicted molar refractivity (Wildman–Crippen MR) is 71.9 cm³/mol. The van der Waals surface area contributed by atoms with Gasteiger partial charge in [-0.05, 0) is 37.0 Å². The Morgan fingerprint density at radius 3 is 2.47 bits per heavy atom. The van der Waals surface area contributed by atoms with Gasteiger partial charge in [0.15, 0.2) is 0 Å². The van der Waals surface area contributed by atoms with E-state index in [1.54, 1.807) is 7.11 Å². The maximum Gasteiger partial charge on any atom is 0.325 e. The zero-order chi connectivity index (χ0) is 14.3. The normalized spacial score (nSPS) is 13.7. The number of rotatable bonds is 7. The van der Waals surface area contributed by atoms with Crippen molar-refractivity contribution in [1.82, 2.24) is 0 Å². The SMILES string of the molecule is COC(=O)C(N)C(O)CCCc1ccc(OC)cc1. The summed E-state index contributed by atoms with van der Waals surface area (Å²) in [6, 6.07) is 6.77. The average molecular weight is 267 g/mol. The van der Waals surface area contributed by atoms with Crippen LogP contribution in [0.25, 0.3) is 0 Å². The van der Waals surface area contributed by atoms with Crippen LogP contribution in [0, 0.1) is 0 Å². The number of benzene rings is 1. The summed E-state index contributed by atoms with van der Waals surface area (Å²) in [4.78, 5) is 11.1. The van der Waals surface area contributed by atoms with Gasteiger partial charge in [0.1, 0.15) is 11.8 Å². The molecule has 0 bridgehead atoms. The highest BCUT2D eigenvalue weighted by Gasteiger charge is 2.22. The summed E-state index contributed by atoms with van der Waals surface area (Å²) in [7, 11) is 2.88. The van der Waals surface area contributed by atoms with Gasteiger partial charge in [-0.15, -0.1) is 0 Å². The van der Waals surface area contributed by atoms with Gasteiger partial charge in [-0.1, -0.05) is 12.1 Å². The van der Waals surface area contributed by atoms with Crippen molar-refractivity contribution in [2.24, 2.45) is 5.73 Å². The molecular weight excluding hydrogens is 246 g/mol. The number of hydrogen-bond donors (Lipinski definition) is 2. The van der Waals surface area contributed by atoms with E-state index in [2.05, 4.69) is 4.74 Å². The molecule has 1 rings (SSSR count). The van der Waals surface area contributed by atoms with Crippen LogP contribution in [0.2, 0.25) is 0 Å². The fraction of sp³-hybridized carbons (Fsp3) is 0.500. The van der Waals surface area contributed by atoms with E-state index in [4.69, 9.17) is 10.5 Å². The fourth-order valence-corrected chi connectivity index (χ4v) is 1.78. The van der Waals surface area contributed by atoms with Gasteiger partial charge in [0, 0.05) is 0 Å². The van der Waals surface area contributed by atoms with Gasteiger partial charge in [-0.3, -0.25) is 4.79 Å². The number of ether oxygens (including phenoxy) is 2. The Morgan fingerprint density at radius 2 is 1.95 bits per heavy atom. The van der Waals surface area contributed by atoms with Crippen LogP contribution in [0.1, 0.15) is 18.4 Å². The second-order valence-electron chi connectivity index (χ2n) is 4.36. The molecule has 2 atom stereocenters. The first-order chi connectivity index (χ1) is 9.08. The van der Waals surface area contributed by atoms with Crippen LogP contribution < -0.4 is 10.5 Å². The third-order valence-corrected chi connectivity index (χ3v) is 3.01. The first-order valence-corrected chi connectivity index (χ1v) is 6.23. The Kier molecular flexibility index (Phi) is 6.32. The molecule has 0 aliphatic rings. The van der Waals surface area contributed by atoms with Gasteiger partial charge < -0.3 is 20.3 Å². The molecule has 0 heterocycles. The molecule has 0 radical (unpaired) electrons. The minimum atomic E-state index is -0.971. The number of aryl methyl sites for hydroxylation is 1. The van der Waals surface area contributed by atoms with Crippen LogP contribution in [0.15, 0.2) is 24.3 Å². The van der Waals surface area contributed by atoms with E-state index in [-0.39, 0.29) is 0 Å². The molecule has 2 unspecified atom stereocenters. The second-order valence-corrected chi connectivity index (χ2v) is 4.36. The second kappa shape index (κ2) is 7.76. The van der Waals surface area contributed by atoms with E-state index in [9.17, 15) is 9.90 Å². The molecule has 19 heavy (non-hydrogen) atoms. The Bertz CT molecular complexity index is 391. The molecule has 1 aromatic rings. The number of esters is 1. The first-order valence-electron chi connectivity index (χ1n) is 6.23. The van der Waals surface area contributed by atoms with Crippen molar-refractivity contribution in [2.75, 3.05) is 14.2 Å². The lowest BCUT2D eigenvalue weighted by atomic mass is 10.0. The Hall–Kier alpha value is -1.59. The molecular formula is C14H21NO4. The largest absolute Gasteiger partial charge is 0.497 e. The van der Waals surface area contributed by atoms with Crippen LogP contribution in [0.3, 0.4) is 0 Å². The van der Waals surface area contributed by atoms with Crippen molar-refractivity contribution in [3.63, 3.8) is 0 Å². The number of carbonyl (C=O) groups is 1. The van der Waals surface area contributed by atoms with E-state index in [1.165, 1.54) is 7.11 Å². The van der Waals surface area contributed by atoms with Crippen LogP contribution in [-0.2, 0) is 16.0 Å². The standard InChI is InChI=1S/C14H21NO4/c1-18-11-8-6-10(7-9-11)4-3-5-12(16)13(15)14(17)19-2/h6-9,12-13,16H,3-5,15H2,1-2H3. The summed E-state index contributed by atoms with van der Waals surface area (Å²) >= 11 is 0. The maximum atomic E-state index is 11.1. The predicted octanol–water partition coefficient (Wildman–Crippen LogP) is 0.879. The molecule has 0 saturated heterocycles. The van der Waals surface area contributed by atoms with Crippen molar-refractivity contribution < 1.29 is 19.4 Å². The lowest BCUT2D eigenvalue weighted by Crippen LogP contribution is -2.42. The van der Waals surface area contributed by atoms with E-state index in [0.717, 1.165) is 24.2 Å². The molecule has 0 saturated carbocycles. The summed E-state index contributed by atoms with van der Waals surface area (Å²) in [6.45, 7) is 0. The highest BCUT2D eigenvalue weighted by Crippen LogP contribution is 2.14. The molecule has 0 aliphatic heterocycles. The van der Waals surface area contributed by atoms with Crippen molar-refractivity contribution in [1.29, 1.82) is 0 Å². The monoisotopic (exact) mass is 267 g/mol. The quantitative estimate of drug-likeness (QED) is 0.717. The molecule has 0 spiro atoms. The summed E-state index contributed by atoms with van der Waals surface area (Å²) in [5.41, 5.74) is 6.70. The lowest BCUT2D eigenvalue weighted by molar-refractivity contribution is -0.145. The molecule has 5 nitrogen and oxygen atoms in total. The number of nitrogens with two attached hydrogens (primary N) is 1. The minimum absolute atomic E-state index is 0.461. The Morgan fingerprint density at radius 1 is 1.32 bits per heavy atom. The Labute approximate surface area is 113 Å². The molecule has 5 heteroatoms. The lowest BCUT2D eigenvalue weighted by Gasteiger charge is -2.16. The third kappa shape index (κ3) is 4.89. The minimum Gasteiger partial charge on any atom is -0.497 e. The van der Waals surface area contributed by atoms with Crippen LogP contribution >= 0.6 is 0 Å². The van der Waals surface area contributed by atoms with Crippen LogP contribution in [0.5, 0.6) is 5.75 Å². The van der Waals surface area contributed by atoms with Gasteiger partial charge in [-0.2, -0.15) is 0 Å². The van der Waals surface area contributed by atoms with E-state index in [1.807, 2.05) is 24.3 Å². The first kappa shape index (κ1) is 15.5. The zero-order valence-corrected chi connectivity index (χ0v) is 11.3. The molecule has 0 amide bonds. The number of aliphatic hydroxyl groups excluding tert-OH is 1. The van der Waals surface area contributed by atoms with Crippen molar-refractivity contribution in [2.45, 2.75) is 31.4 Å². The molecule has 0 aromatic heterocycles. The number of hydrogen-bond acceptors (Lipinski definition) is 5. The number of methoxy groups -OCH3 is 2. The molecule has 0 aliphatic carbocycles. The van der Waals surface area contributed by atoms with Crippen molar-refractivity contribution >= 4 is 5.97 Å². The number of carbonyl (C=O) groups excluding carboxylic acids is 1. The third-order valence-electron chi connectivity index (χ3n) is 3.01. The van der Waals surface area contributed by atoms with Crippen molar-refractivity contribution in [3.8, 4) is 5.75 Å². The molecule has 0 fully saturated rings. The zero-order valence-electron chi connectivity index (χ0n) is 11.3. The fourth-order valence-electron chi connectivity index (χ4n) is 1.78. The summed E-state index contributed by atoms with van der Waals surface area (Å²) in [5, 5.41) is 9.73. The highest BCUT2D eigenvalue weighted by molar-refractivity contribution is 5.76. The van der Waals surface area contributed by atoms with E-state index < -0.39 is 18.1 Å². The molecule has 1 aromatic carbocycles. The van der Waals surface area contributed by atoms with Crippen LogP contribution in [-0.4, -0.2) is 37.4 Å². The summed E-state index contributed by atoms with van der Waals surface area (Å²) < 4.78 is 9.56. The smallest absolute Gasteiger partial charge is 0.325 e. The van der Waals surface area contributed by atoms with E-state index >= 15 is 0 Å². The summed E-state index contributed by atoms with van der Waals surface area (Å²) in [6.07, 6.45) is 1.15. The van der Waals surface area contributed by atoms with Gasteiger partial charge in [0.05, 0.1) is 20.3 Å².